The van der Waals surface area contributed by atoms with Gasteiger partial charge in [-0.25, -0.2) is 4.98 Å². The van der Waals surface area contributed by atoms with Gasteiger partial charge in [0, 0.05) is 18.9 Å². The number of H-pyrrole nitrogens is 1. The lowest BCUT2D eigenvalue weighted by Crippen LogP contribution is -2.23. The molecule has 0 aliphatic heterocycles. The molecule has 1 aromatic rings. The molecule has 1 heterocycles. The Kier molecular flexibility index (Phi) is 4.53. The minimum Gasteiger partial charge on any atom is -0.373 e. The highest BCUT2D eigenvalue weighted by Crippen LogP contribution is 2.34. The van der Waals surface area contributed by atoms with E-state index in [2.05, 4.69) is 9.97 Å². The van der Waals surface area contributed by atoms with Crippen LogP contribution in [0, 0.1) is 5.92 Å². The van der Waals surface area contributed by atoms with Gasteiger partial charge in [0.25, 0.3) is 5.56 Å². The molecule has 18 heavy (non-hydrogen) atoms. The Morgan fingerprint density at radius 2 is 2.17 bits per heavy atom. The van der Waals surface area contributed by atoms with Crippen molar-refractivity contribution in [2.75, 3.05) is 7.11 Å². The second-order valence-electron chi connectivity index (χ2n) is 5.03. The van der Waals surface area contributed by atoms with Crippen LogP contribution in [0.5, 0.6) is 0 Å². The third-order valence-electron chi connectivity index (χ3n) is 3.78. The first-order valence-corrected chi connectivity index (χ1v) is 6.87. The second kappa shape index (κ2) is 6.14. The van der Waals surface area contributed by atoms with Crippen molar-refractivity contribution in [1.29, 1.82) is 0 Å². The molecule has 0 bridgehead atoms. The van der Waals surface area contributed by atoms with Crippen LogP contribution >= 0.6 is 0 Å². The minimum atomic E-state index is -0.0743. The Balaban J connectivity index is 2.25. The van der Waals surface area contributed by atoms with Crippen molar-refractivity contribution in [1.82, 2.24) is 9.97 Å². The molecule has 1 atom stereocenters. The first-order valence-electron chi connectivity index (χ1n) is 6.87. The number of hydrogen-bond donors (Lipinski definition) is 1. The molecule has 4 heteroatoms. The second-order valence-corrected chi connectivity index (χ2v) is 5.03. The zero-order valence-corrected chi connectivity index (χ0v) is 11.2. The van der Waals surface area contributed by atoms with Crippen LogP contribution in [-0.2, 0) is 11.2 Å². The summed E-state index contributed by atoms with van der Waals surface area (Å²) in [5.74, 6) is 1.19. The number of aromatic amines is 1. The summed E-state index contributed by atoms with van der Waals surface area (Å²) < 4.78 is 5.60. The lowest BCUT2D eigenvalue weighted by atomic mass is 9.85. The van der Waals surface area contributed by atoms with Crippen molar-refractivity contribution in [2.45, 2.75) is 51.6 Å². The highest BCUT2D eigenvalue weighted by Gasteiger charge is 2.26. The molecule has 0 amide bonds. The molecule has 1 aliphatic carbocycles. The Bertz CT molecular complexity index is 436. The molecule has 0 spiro atoms. The van der Waals surface area contributed by atoms with Crippen molar-refractivity contribution in [3.8, 4) is 0 Å². The minimum absolute atomic E-state index is 0.0653. The van der Waals surface area contributed by atoms with Gasteiger partial charge in [0.1, 0.15) is 11.9 Å². The lowest BCUT2D eigenvalue weighted by Gasteiger charge is -2.28. The molecular weight excluding hydrogens is 228 g/mol. The third-order valence-corrected chi connectivity index (χ3v) is 3.78. The van der Waals surface area contributed by atoms with Crippen LogP contribution in [0.2, 0.25) is 0 Å². The lowest BCUT2D eigenvalue weighted by molar-refractivity contribution is 0.0286. The Labute approximate surface area is 108 Å². The van der Waals surface area contributed by atoms with E-state index in [1.165, 1.54) is 32.1 Å². The van der Waals surface area contributed by atoms with E-state index >= 15 is 0 Å². The predicted octanol–water partition coefficient (Wildman–Crippen LogP) is 2.60. The van der Waals surface area contributed by atoms with Crippen LogP contribution in [0.4, 0.5) is 0 Å². The summed E-state index contributed by atoms with van der Waals surface area (Å²) in [6.07, 6.45) is 6.86. The number of nitrogens with zero attached hydrogens (tertiary/aromatic N) is 1. The highest BCUT2D eigenvalue weighted by atomic mass is 16.5. The first kappa shape index (κ1) is 13.3. The zero-order valence-electron chi connectivity index (χ0n) is 11.2. The number of nitrogens with one attached hydrogen (secondary N) is 1. The summed E-state index contributed by atoms with van der Waals surface area (Å²) >= 11 is 0. The topological polar surface area (TPSA) is 55.0 Å². The van der Waals surface area contributed by atoms with Gasteiger partial charge < -0.3 is 9.72 Å². The summed E-state index contributed by atoms with van der Waals surface area (Å²) in [7, 11) is 1.71. The zero-order chi connectivity index (χ0) is 13.0. The first-order chi connectivity index (χ1) is 8.74. The molecule has 0 aromatic carbocycles. The van der Waals surface area contributed by atoms with E-state index < -0.39 is 0 Å². The quantitative estimate of drug-likeness (QED) is 0.893. The molecule has 1 saturated carbocycles. The van der Waals surface area contributed by atoms with Gasteiger partial charge in [-0.3, -0.25) is 4.79 Å². The molecule has 0 radical (unpaired) electrons. The van der Waals surface area contributed by atoms with Crippen molar-refractivity contribution in [3.05, 3.63) is 27.9 Å². The van der Waals surface area contributed by atoms with E-state index in [1.807, 2.05) is 6.92 Å². The number of aryl methyl sites for hydroxylation is 1. The maximum absolute atomic E-state index is 11.6. The van der Waals surface area contributed by atoms with Crippen LogP contribution < -0.4 is 5.56 Å². The smallest absolute Gasteiger partial charge is 0.251 e. The average molecular weight is 250 g/mol. The largest absolute Gasteiger partial charge is 0.373 e. The van der Waals surface area contributed by atoms with Gasteiger partial charge in [-0.2, -0.15) is 0 Å². The Hall–Kier alpha value is -1.16. The third kappa shape index (κ3) is 2.99. The fourth-order valence-corrected chi connectivity index (χ4v) is 2.81. The van der Waals surface area contributed by atoms with E-state index in [0.29, 0.717) is 11.7 Å². The number of aromatic nitrogens is 2. The van der Waals surface area contributed by atoms with Gasteiger partial charge in [0.2, 0.25) is 0 Å². The van der Waals surface area contributed by atoms with Gasteiger partial charge in [0.05, 0.1) is 0 Å². The number of hydrogen-bond acceptors (Lipinski definition) is 3. The van der Waals surface area contributed by atoms with E-state index in [1.54, 1.807) is 13.2 Å². The summed E-state index contributed by atoms with van der Waals surface area (Å²) in [5.41, 5.74) is 0.765. The van der Waals surface area contributed by atoms with Gasteiger partial charge in [-0.1, -0.05) is 26.2 Å². The van der Waals surface area contributed by atoms with E-state index in [0.717, 1.165) is 12.1 Å². The summed E-state index contributed by atoms with van der Waals surface area (Å²) in [6, 6.07) is 1.57. The maximum Gasteiger partial charge on any atom is 0.251 e. The van der Waals surface area contributed by atoms with Gasteiger partial charge in [-0.05, 0) is 25.2 Å². The Morgan fingerprint density at radius 1 is 1.44 bits per heavy atom. The standard InChI is InChI=1S/C14H22N2O2/c1-3-11-9-12(17)16-14(15-11)13(18-2)10-7-5-4-6-8-10/h9-10,13H,3-8H2,1-2H3,(H,15,16,17). The maximum atomic E-state index is 11.6. The number of ether oxygens (including phenoxy) is 1. The van der Waals surface area contributed by atoms with E-state index in [-0.39, 0.29) is 11.7 Å². The van der Waals surface area contributed by atoms with Crippen LogP contribution in [0.25, 0.3) is 0 Å². The summed E-state index contributed by atoms with van der Waals surface area (Å²) in [6.45, 7) is 2.01. The fraction of sp³-hybridized carbons (Fsp3) is 0.714. The van der Waals surface area contributed by atoms with Crippen LogP contribution in [0.15, 0.2) is 10.9 Å². The van der Waals surface area contributed by atoms with Gasteiger partial charge >= 0.3 is 0 Å². The van der Waals surface area contributed by atoms with Crippen LogP contribution in [0.1, 0.15) is 56.7 Å². The molecule has 4 nitrogen and oxygen atoms in total. The van der Waals surface area contributed by atoms with Crippen molar-refractivity contribution in [2.24, 2.45) is 5.92 Å². The molecule has 1 aromatic heterocycles. The van der Waals surface area contributed by atoms with E-state index in [9.17, 15) is 4.79 Å². The fourth-order valence-electron chi connectivity index (χ4n) is 2.81. The van der Waals surface area contributed by atoms with Crippen molar-refractivity contribution >= 4 is 0 Å². The average Bonchev–Trinajstić information content (AvgIpc) is 2.40. The number of methoxy groups -OCH3 is 1. The molecule has 1 unspecified atom stereocenters. The number of rotatable bonds is 4. The predicted molar refractivity (Wildman–Crippen MR) is 70.6 cm³/mol. The molecule has 1 N–H and O–H groups in total. The Morgan fingerprint density at radius 3 is 2.78 bits per heavy atom. The molecule has 1 aliphatic rings. The van der Waals surface area contributed by atoms with E-state index in [4.69, 9.17) is 4.74 Å². The monoisotopic (exact) mass is 250 g/mol. The van der Waals surface area contributed by atoms with Gasteiger partial charge in [-0.15, -0.1) is 0 Å². The molecule has 100 valence electrons. The molecule has 1 fully saturated rings. The summed E-state index contributed by atoms with van der Waals surface area (Å²) in [5, 5.41) is 0. The SMILES string of the molecule is CCc1cc(=O)[nH]c(C(OC)C2CCCCC2)n1. The van der Waals surface area contributed by atoms with Crippen LogP contribution in [-0.4, -0.2) is 17.1 Å². The molecule has 0 saturated heterocycles. The highest BCUT2D eigenvalue weighted by molar-refractivity contribution is 5.05. The van der Waals surface area contributed by atoms with Crippen molar-refractivity contribution < 1.29 is 4.74 Å². The van der Waals surface area contributed by atoms with Crippen LogP contribution in [0.3, 0.4) is 0 Å². The molecular formula is C14H22N2O2. The molecule has 2 rings (SSSR count). The van der Waals surface area contributed by atoms with Crippen molar-refractivity contribution in [3.63, 3.8) is 0 Å². The summed E-state index contributed by atoms with van der Waals surface area (Å²) in [4.78, 5) is 19.0. The van der Waals surface area contributed by atoms with Gasteiger partial charge in [0.15, 0.2) is 0 Å². The normalized spacial score (nSPS) is 18.8.